The van der Waals surface area contributed by atoms with Gasteiger partial charge in [-0.15, -0.1) is 4.48 Å². The quantitative estimate of drug-likeness (QED) is 0.202. The van der Waals surface area contributed by atoms with E-state index in [1.165, 1.54) is 17.4 Å². The number of aliphatic hydroxyl groups excluding tert-OH is 1. The second-order valence-corrected chi connectivity index (χ2v) is 14.1. The number of primary amides is 1. The number of carbonyl (C=O) groups is 4. The summed E-state index contributed by atoms with van der Waals surface area (Å²) in [6, 6.07) is 15.5. The Kier molecular flexibility index (Phi) is 13.8. The maximum Gasteiger partial charge on any atom is 0.432 e. The summed E-state index contributed by atoms with van der Waals surface area (Å²) >= 11 is 0. The molecule has 5 atom stereocenters. The van der Waals surface area contributed by atoms with E-state index in [1.807, 2.05) is 74.5 Å². The van der Waals surface area contributed by atoms with Gasteiger partial charge < -0.3 is 26.6 Å². The summed E-state index contributed by atoms with van der Waals surface area (Å²) in [6.07, 6.45) is 2.26. The van der Waals surface area contributed by atoms with E-state index >= 15 is 0 Å². The SMILES string of the molecule is CC(C)CC([C@@H](O)CNC(=O)CCc1ccccc1)N(C(=O)OC(C)(C)C)[C@H](C)CC1=C[N+](C(N)=O)(C(=O)[C@@H](N)Cc2ccccc2)C=N1. The molecular weight excluding hydrogens is 624 g/mol. The normalized spacial score (nSPS) is 18.3. The molecule has 1 aliphatic rings. The number of hydrogen-bond acceptors (Lipinski definition) is 8. The van der Waals surface area contributed by atoms with Crippen molar-refractivity contribution < 1.29 is 33.5 Å². The Morgan fingerprint density at radius 1 is 0.959 bits per heavy atom. The molecule has 12 nitrogen and oxygen atoms in total. The van der Waals surface area contributed by atoms with Crippen molar-refractivity contribution in [1.82, 2.24) is 10.2 Å². The molecule has 0 radical (unpaired) electrons. The number of hydrogen-bond donors (Lipinski definition) is 4. The molecule has 49 heavy (non-hydrogen) atoms. The lowest BCUT2D eigenvalue weighted by Crippen LogP contribution is -2.59. The van der Waals surface area contributed by atoms with Crippen LogP contribution >= 0.6 is 0 Å². The summed E-state index contributed by atoms with van der Waals surface area (Å²) in [7, 11) is 0. The first-order valence-electron chi connectivity index (χ1n) is 16.8. The van der Waals surface area contributed by atoms with Crippen LogP contribution in [0.5, 0.6) is 0 Å². The number of ether oxygens (including phenoxy) is 1. The monoisotopic (exact) mass is 677 g/mol. The zero-order valence-electron chi connectivity index (χ0n) is 29.5. The van der Waals surface area contributed by atoms with Crippen molar-refractivity contribution in [3.63, 3.8) is 0 Å². The lowest BCUT2D eigenvalue weighted by molar-refractivity contribution is -0.606. The van der Waals surface area contributed by atoms with Crippen LogP contribution in [0.4, 0.5) is 9.59 Å². The van der Waals surface area contributed by atoms with Gasteiger partial charge in [0.05, 0.1) is 12.1 Å². The number of aliphatic hydroxyl groups is 1. The van der Waals surface area contributed by atoms with Gasteiger partial charge in [-0.25, -0.2) is 19.4 Å². The third kappa shape index (κ3) is 11.3. The lowest BCUT2D eigenvalue weighted by Gasteiger charge is -2.40. The van der Waals surface area contributed by atoms with E-state index in [9.17, 15) is 24.3 Å². The van der Waals surface area contributed by atoms with E-state index in [4.69, 9.17) is 16.2 Å². The number of benzene rings is 2. The van der Waals surface area contributed by atoms with Gasteiger partial charge in [-0.3, -0.25) is 9.69 Å². The highest BCUT2D eigenvalue weighted by Crippen LogP contribution is 2.28. The molecule has 0 aliphatic carbocycles. The molecule has 5 amide bonds. The van der Waals surface area contributed by atoms with Gasteiger partial charge in [-0.2, -0.15) is 0 Å². The fraction of sp³-hybridized carbons (Fsp3) is 0.486. The number of aryl methyl sites for hydroxylation is 1. The minimum Gasteiger partial charge on any atom is -0.444 e. The number of nitrogens with two attached hydrogens (primary N) is 2. The van der Waals surface area contributed by atoms with E-state index in [2.05, 4.69) is 10.3 Å². The third-order valence-electron chi connectivity index (χ3n) is 8.19. The molecule has 1 aliphatic heterocycles. The van der Waals surface area contributed by atoms with Crippen molar-refractivity contribution in [2.24, 2.45) is 22.4 Å². The summed E-state index contributed by atoms with van der Waals surface area (Å²) in [4.78, 5) is 58.7. The topological polar surface area (TPSA) is 177 Å². The number of imide groups is 1. The summed E-state index contributed by atoms with van der Waals surface area (Å²) in [5.41, 5.74) is 13.4. The van der Waals surface area contributed by atoms with E-state index in [-0.39, 0.29) is 37.6 Å². The third-order valence-corrected chi connectivity index (χ3v) is 8.19. The molecular formula is C37H53N6O6+. The van der Waals surface area contributed by atoms with Crippen molar-refractivity contribution in [2.45, 2.75) is 103 Å². The van der Waals surface area contributed by atoms with Crippen LogP contribution < -0.4 is 16.8 Å². The van der Waals surface area contributed by atoms with Gasteiger partial charge in [0.1, 0.15) is 23.5 Å². The number of nitrogens with zero attached hydrogens (tertiary/aromatic N) is 3. The number of amides is 5. The number of urea groups is 1. The Labute approximate surface area is 289 Å². The average Bonchev–Trinajstić information content (AvgIpc) is 3.46. The molecule has 0 bridgehead atoms. The van der Waals surface area contributed by atoms with Crippen LogP contribution in [0.1, 0.15) is 71.9 Å². The molecule has 2 unspecified atom stereocenters. The summed E-state index contributed by atoms with van der Waals surface area (Å²) in [5.74, 6) is -0.788. The number of rotatable bonds is 15. The molecule has 0 aromatic heterocycles. The van der Waals surface area contributed by atoms with Crippen LogP contribution in [-0.2, 0) is 27.2 Å². The van der Waals surface area contributed by atoms with E-state index < -0.39 is 52.3 Å². The van der Waals surface area contributed by atoms with Gasteiger partial charge in [-0.1, -0.05) is 74.5 Å². The minimum atomic E-state index is -1.13. The van der Waals surface area contributed by atoms with Crippen LogP contribution in [0.25, 0.3) is 0 Å². The fourth-order valence-corrected chi connectivity index (χ4v) is 5.79. The van der Waals surface area contributed by atoms with Crippen molar-refractivity contribution in [3.8, 4) is 0 Å². The van der Waals surface area contributed by atoms with E-state index in [1.54, 1.807) is 27.7 Å². The van der Waals surface area contributed by atoms with Crippen LogP contribution in [-0.4, -0.2) is 81.1 Å². The van der Waals surface area contributed by atoms with Gasteiger partial charge in [-0.05, 0) is 57.6 Å². The number of quaternary nitrogens is 1. The standard InChI is InChI=1S/C37H52N6O6/c1-25(2)19-31(32(44)22-40-33(45)18-17-27-13-9-7-10-14-27)42(36(48)49-37(4,5)6)26(3)20-29-23-43(24-41-29,35(39)47)34(46)30(38)21-28-15-11-8-12-16-28/h7-16,23-26,30-32,44H,17-22,38H2,1-6H3,(H2-,39,40,45,47)/p+1/t26-,30+,31?,32+,43?/m1/s1. The van der Waals surface area contributed by atoms with Gasteiger partial charge in [0.25, 0.3) is 0 Å². The molecule has 12 heteroatoms. The first-order valence-corrected chi connectivity index (χ1v) is 16.8. The highest BCUT2D eigenvalue weighted by molar-refractivity contribution is 5.95. The van der Waals surface area contributed by atoms with Crippen molar-refractivity contribution in [2.75, 3.05) is 6.54 Å². The lowest BCUT2D eigenvalue weighted by atomic mass is 9.95. The largest absolute Gasteiger partial charge is 0.444 e. The molecule has 3 rings (SSSR count). The molecule has 2 aromatic rings. The van der Waals surface area contributed by atoms with Crippen molar-refractivity contribution in [3.05, 3.63) is 83.7 Å². The maximum atomic E-state index is 13.8. The Morgan fingerprint density at radius 3 is 2.10 bits per heavy atom. The minimum absolute atomic E-state index is 0.0668. The second kappa shape index (κ2) is 17.3. The van der Waals surface area contributed by atoms with E-state index in [0.717, 1.165) is 11.1 Å². The zero-order valence-corrected chi connectivity index (χ0v) is 29.5. The van der Waals surface area contributed by atoms with Gasteiger partial charge >= 0.3 is 18.0 Å². The Hall–Kier alpha value is -4.39. The highest BCUT2D eigenvalue weighted by atomic mass is 16.6. The Morgan fingerprint density at radius 2 is 1.55 bits per heavy atom. The van der Waals surface area contributed by atoms with Crippen molar-refractivity contribution >= 4 is 30.3 Å². The predicted octanol–water partition coefficient (Wildman–Crippen LogP) is 4.40. The highest BCUT2D eigenvalue weighted by Gasteiger charge is 2.48. The van der Waals surface area contributed by atoms with Crippen molar-refractivity contribution in [1.29, 1.82) is 0 Å². The zero-order chi connectivity index (χ0) is 36.4. The smallest absolute Gasteiger partial charge is 0.432 e. The Balaban J connectivity index is 1.83. The van der Waals surface area contributed by atoms with Gasteiger partial charge in [0.15, 0.2) is 0 Å². The summed E-state index contributed by atoms with van der Waals surface area (Å²) in [5, 5.41) is 14.3. The first kappa shape index (κ1) is 39.1. The Bertz CT molecular complexity index is 1490. The van der Waals surface area contributed by atoms with E-state index in [0.29, 0.717) is 18.5 Å². The van der Waals surface area contributed by atoms with Crippen LogP contribution in [0, 0.1) is 5.92 Å². The summed E-state index contributed by atoms with van der Waals surface area (Å²) < 4.78 is 4.81. The number of aliphatic imine (C=N–C) groups is 1. The molecule has 0 fully saturated rings. The van der Waals surface area contributed by atoms with Crippen LogP contribution in [0.2, 0.25) is 0 Å². The average molecular weight is 678 g/mol. The van der Waals surface area contributed by atoms with Gasteiger partial charge in [0, 0.05) is 31.8 Å². The fourth-order valence-electron chi connectivity index (χ4n) is 5.79. The molecule has 0 saturated heterocycles. The predicted molar refractivity (Wildman–Crippen MR) is 189 cm³/mol. The van der Waals surface area contributed by atoms with Crippen LogP contribution in [0.15, 0.2) is 77.6 Å². The second-order valence-electron chi connectivity index (χ2n) is 14.1. The van der Waals surface area contributed by atoms with Crippen LogP contribution in [0.3, 0.4) is 0 Å². The molecule has 266 valence electrons. The molecule has 2 aromatic carbocycles. The van der Waals surface area contributed by atoms with Gasteiger partial charge in [0.2, 0.25) is 12.2 Å². The maximum absolute atomic E-state index is 13.8. The molecule has 1 heterocycles. The first-order chi connectivity index (χ1) is 23.0. The molecule has 0 saturated carbocycles. The number of nitrogens with one attached hydrogen (secondary N) is 1. The summed E-state index contributed by atoms with van der Waals surface area (Å²) in [6.45, 7) is 10.9. The number of carbonyl (C=O) groups excluding carboxylic acids is 4. The molecule has 6 N–H and O–H groups in total. The molecule has 0 spiro atoms.